The number of nitrogens with zero attached hydrogens (tertiary/aromatic N) is 1. The summed E-state index contributed by atoms with van der Waals surface area (Å²) in [5.74, 6) is 0.773. The normalized spacial score (nSPS) is 12.1. The largest absolute Gasteiger partial charge is 0.354 e. The van der Waals surface area contributed by atoms with E-state index in [-0.39, 0.29) is 11.8 Å². The minimum atomic E-state index is -0.527. The van der Waals surface area contributed by atoms with Crippen LogP contribution in [0.15, 0.2) is 29.9 Å². The Kier molecular flexibility index (Phi) is 6.34. The molecule has 124 valence electrons. The van der Waals surface area contributed by atoms with E-state index in [0.717, 1.165) is 5.82 Å². The molecule has 0 fully saturated rings. The topological polar surface area (TPSA) is 86.9 Å². The fraction of sp³-hybridized carbons (Fsp3) is 0.438. The van der Waals surface area contributed by atoms with E-state index in [9.17, 15) is 9.59 Å². The smallest absolute Gasteiger partial charge is 0.261 e. The first-order valence-electron chi connectivity index (χ1n) is 7.66. The number of aromatic amines is 1. The zero-order valence-corrected chi connectivity index (χ0v) is 14.2. The molecule has 23 heavy (non-hydrogen) atoms. The Morgan fingerprint density at radius 1 is 1.39 bits per heavy atom. The highest BCUT2D eigenvalue weighted by Crippen LogP contribution is 2.10. The maximum Gasteiger partial charge on any atom is 0.261 e. The van der Waals surface area contributed by atoms with Crippen LogP contribution < -0.4 is 10.6 Å². The minimum absolute atomic E-state index is 0.157. The van der Waals surface area contributed by atoms with Crippen molar-refractivity contribution >= 4 is 23.2 Å². The monoisotopic (exact) mass is 334 g/mol. The molecule has 0 aliphatic carbocycles. The second kappa shape index (κ2) is 8.47. The van der Waals surface area contributed by atoms with E-state index in [2.05, 4.69) is 20.6 Å². The summed E-state index contributed by atoms with van der Waals surface area (Å²) in [6.45, 7) is 4.54. The molecule has 2 amide bonds. The Labute approximate surface area is 139 Å². The molecule has 6 nitrogen and oxygen atoms in total. The van der Waals surface area contributed by atoms with Crippen LogP contribution in [-0.2, 0) is 11.2 Å². The van der Waals surface area contributed by atoms with Crippen molar-refractivity contribution in [1.29, 1.82) is 0 Å². The molecule has 0 spiro atoms. The van der Waals surface area contributed by atoms with Crippen LogP contribution in [-0.4, -0.2) is 34.4 Å². The summed E-state index contributed by atoms with van der Waals surface area (Å²) in [6.07, 6.45) is 4.66. The summed E-state index contributed by atoms with van der Waals surface area (Å²) in [5.41, 5.74) is 0. The summed E-state index contributed by atoms with van der Waals surface area (Å²) in [6, 6.07) is 3.04. The maximum atomic E-state index is 12.4. The molecule has 0 bridgehead atoms. The fourth-order valence-corrected chi connectivity index (χ4v) is 2.83. The average Bonchev–Trinajstić information content (AvgIpc) is 3.19. The van der Waals surface area contributed by atoms with Gasteiger partial charge >= 0.3 is 0 Å². The molecular formula is C16H22N4O2S. The van der Waals surface area contributed by atoms with E-state index < -0.39 is 6.04 Å². The Bertz CT molecular complexity index is 608. The van der Waals surface area contributed by atoms with Crippen molar-refractivity contribution in [2.24, 2.45) is 5.92 Å². The molecule has 0 aliphatic rings. The maximum absolute atomic E-state index is 12.4. The molecule has 3 N–H and O–H groups in total. The standard InChI is InChI=1S/C16H22N4O2S/c1-11(2)10-12(20-16(22)13-4-3-9-23-13)15(21)19-6-5-14-17-7-8-18-14/h3-4,7-9,11-12H,5-6,10H2,1-2H3,(H,17,18)(H,19,21)(H,20,22)/t12-/m0/s1. The van der Waals surface area contributed by atoms with Crippen LogP contribution in [0.5, 0.6) is 0 Å². The van der Waals surface area contributed by atoms with E-state index in [4.69, 9.17) is 0 Å². The molecule has 0 saturated carbocycles. The number of aromatic nitrogens is 2. The van der Waals surface area contributed by atoms with Crippen LogP contribution in [0.3, 0.4) is 0 Å². The Morgan fingerprint density at radius 2 is 2.22 bits per heavy atom. The summed E-state index contributed by atoms with van der Waals surface area (Å²) in [4.78, 5) is 32.2. The quantitative estimate of drug-likeness (QED) is 0.690. The number of rotatable bonds is 8. The first-order valence-corrected chi connectivity index (χ1v) is 8.54. The van der Waals surface area contributed by atoms with Crippen molar-refractivity contribution in [2.75, 3.05) is 6.54 Å². The fourth-order valence-electron chi connectivity index (χ4n) is 2.20. The van der Waals surface area contributed by atoms with Crippen molar-refractivity contribution < 1.29 is 9.59 Å². The van der Waals surface area contributed by atoms with Crippen LogP contribution in [0.2, 0.25) is 0 Å². The van der Waals surface area contributed by atoms with Gasteiger partial charge in [0.25, 0.3) is 5.91 Å². The average molecular weight is 334 g/mol. The van der Waals surface area contributed by atoms with Gasteiger partial charge in [-0.3, -0.25) is 9.59 Å². The number of H-pyrrole nitrogens is 1. The molecule has 2 aromatic heterocycles. The first kappa shape index (κ1) is 17.2. The second-order valence-electron chi connectivity index (χ2n) is 5.71. The SMILES string of the molecule is CC(C)C[C@H](NC(=O)c1cccs1)C(=O)NCCc1ncc[nH]1. The van der Waals surface area contributed by atoms with Gasteiger partial charge in [0.15, 0.2) is 0 Å². The number of hydrogen-bond donors (Lipinski definition) is 3. The molecule has 0 unspecified atom stereocenters. The molecule has 2 rings (SSSR count). The van der Waals surface area contributed by atoms with Crippen molar-refractivity contribution in [1.82, 2.24) is 20.6 Å². The van der Waals surface area contributed by atoms with Gasteiger partial charge in [-0.05, 0) is 23.8 Å². The molecular weight excluding hydrogens is 312 g/mol. The number of imidazole rings is 1. The molecule has 0 aromatic carbocycles. The minimum Gasteiger partial charge on any atom is -0.354 e. The van der Waals surface area contributed by atoms with Crippen LogP contribution in [0, 0.1) is 5.92 Å². The van der Waals surface area contributed by atoms with Crippen LogP contribution in [0.1, 0.15) is 35.8 Å². The van der Waals surface area contributed by atoms with Gasteiger partial charge in [-0.2, -0.15) is 0 Å². The summed E-state index contributed by atoms with van der Waals surface area (Å²) >= 11 is 1.36. The zero-order valence-electron chi connectivity index (χ0n) is 13.3. The van der Waals surface area contributed by atoms with Gasteiger partial charge in [-0.25, -0.2) is 4.98 Å². The van der Waals surface area contributed by atoms with Crippen LogP contribution in [0.4, 0.5) is 0 Å². The molecule has 0 radical (unpaired) electrons. The third kappa shape index (κ3) is 5.52. The molecule has 2 heterocycles. The predicted octanol–water partition coefficient (Wildman–Crippen LogP) is 1.97. The van der Waals surface area contributed by atoms with Crippen LogP contribution in [0.25, 0.3) is 0 Å². The van der Waals surface area contributed by atoms with E-state index >= 15 is 0 Å². The van der Waals surface area contributed by atoms with Gasteiger partial charge in [-0.1, -0.05) is 19.9 Å². The third-order valence-corrected chi connectivity index (χ3v) is 4.16. The number of nitrogens with one attached hydrogen (secondary N) is 3. The Morgan fingerprint density at radius 3 is 2.83 bits per heavy atom. The van der Waals surface area contributed by atoms with Gasteiger partial charge in [0.1, 0.15) is 11.9 Å². The lowest BCUT2D eigenvalue weighted by molar-refractivity contribution is -0.123. The van der Waals surface area contributed by atoms with Gasteiger partial charge in [0.05, 0.1) is 4.88 Å². The highest BCUT2D eigenvalue weighted by atomic mass is 32.1. The number of carbonyl (C=O) groups excluding carboxylic acids is 2. The number of hydrogen-bond acceptors (Lipinski definition) is 4. The van der Waals surface area contributed by atoms with Gasteiger partial charge in [0, 0.05) is 25.4 Å². The van der Waals surface area contributed by atoms with Crippen molar-refractivity contribution in [3.63, 3.8) is 0 Å². The molecule has 0 saturated heterocycles. The zero-order chi connectivity index (χ0) is 16.7. The highest BCUT2D eigenvalue weighted by molar-refractivity contribution is 7.12. The first-order chi connectivity index (χ1) is 11.1. The van der Waals surface area contributed by atoms with E-state index in [1.54, 1.807) is 18.5 Å². The lowest BCUT2D eigenvalue weighted by atomic mass is 10.0. The molecule has 7 heteroatoms. The molecule has 2 aromatic rings. The molecule has 0 aliphatic heterocycles. The summed E-state index contributed by atoms with van der Waals surface area (Å²) in [7, 11) is 0. The van der Waals surface area contributed by atoms with E-state index in [1.807, 2.05) is 25.3 Å². The predicted molar refractivity (Wildman–Crippen MR) is 90.3 cm³/mol. The summed E-state index contributed by atoms with van der Waals surface area (Å²) < 4.78 is 0. The second-order valence-corrected chi connectivity index (χ2v) is 6.66. The Balaban J connectivity index is 1.88. The number of amides is 2. The highest BCUT2D eigenvalue weighted by Gasteiger charge is 2.22. The number of carbonyl (C=O) groups is 2. The van der Waals surface area contributed by atoms with E-state index in [1.165, 1.54) is 11.3 Å². The summed E-state index contributed by atoms with van der Waals surface area (Å²) in [5, 5.41) is 7.54. The van der Waals surface area contributed by atoms with Gasteiger partial charge < -0.3 is 15.6 Å². The molecule has 1 atom stereocenters. The van der Waals surface area contributed by atoms with Gasteiger partial charge in [0.2, 0.25) is 5.91 Å². The van der Waals surface area contributed by atoms with Crippen molar-refractivity contribution in [2.45, 2.75) is 32.7 Å². The lowest BCUT2D eigenvalue weighted by Crippen LogP contribution is -2.47. The van der Waals surface area contributed by atoms with E-state index in [0.29, 0.717) is 30.2 Å². The Hall–Kier alpha value is -2.15. The number of thiophene rings is 1. The van der Waals surface area contributed by atoms with Crippen molar-refractivity contribution in [3.8, 4) is 0 Å². The van der Waals surface area contributed by atoms with Gasteiger partial charge in [-0.15, -0.1) is 11.3 Å². The third-order valence-electron chi connectivity index (χ3n) is 3.29. The lowest BCUT2D eigenvalue weighted by Gasteiger charge is -2.19. The van der Waals surface area contributed by atoms with Crippen LogP contribution >= 0.6 is 11.3 Å². The van der Waals surface area contributed by atoms with Crippen molar-refractivity contribution in [3.05, 3.63) is 40.6 Å².